The van der Waals surface area contributed by atoms with E-state index in [2.05, 4.69) is 15.3 Å². The van der Waals surface area contributed by atoms with E-state index in [1.165, 1.54) is 6.33 Å². The van der Waals surface area contributed by atoms with Gasteiger partial charge in [0.15, 0.2) is 11.6 Å². The minimum absolute atomic E-state index is 0.247. The molecule has 0 aliphatic carbocycles. The standard InChI is InChI=1S/C12H12FN3/c1-9-11(13)12(16-8-15-9)14-7-10-5-3-2-4-6-10/h2-6,8H,7H2,1H3,(H,14,15,16). The number of hydrogen-bond acceptors (Lipinski definition) is 3. The van der Waals surface area contributed by atoms with Gasteiger partial charge >= 0.3 is 0 Å². The van der Waals surface area contributed by atoms with Crippen LogP contribution in [-0.2, 0) is 6.54 Å². The summed E-state index contributed by atoms with van der Waals surface area (Å²) in [7, 11) is 0. The zero-order valence-electron chi connectivity index (χ0n) is 8.94. The first-order valence-corrected chi connectivity index (χ1v) is 5.02. The van der Waals surface area contributed by atoms with Gasteiger partial charge in [-0.3, -0.25) is 0 Å². The zero-order valence-corrected chi connectivity index (χ0v) is 8.94. The van der Waals surface area contributed by atoms with Crippen molar-refractivity contribution in [3.8, 4) is 0 Å². The normalized spacial score (nSPS) is 10.1. The molecule has 4 heteroatoms. The summed E-state index contributed by atoms with van der Waals surface area (Å²) in [5.74, 6) is -0.144. The molecule has 3 nitrogen and oxygen atoms in total. The summed E-state index contributed by atoms with van der Waals surface area (Å²) in [6.45, 7) is 2.17. The highest BCUT2D eigenvalue weighted by Crippen LogP contribution is 2.12. The highest BCUT2D eigenvalue weighted by molar-refractivity contribution is 5.37. The number of anilines is 1. The summed E-state index contributed by atoms with van der Waals surface area (Å²) in [4.78, 5) is 7.63. The van der Waals surface area contributed by atoms with Gasteiger partial charge in [0, 0.05) is 6.54 Å². The van der Waals surface area contributed by atoms with Gasteiger partial charge in [-0.15, -0.1) is 0 Å². The number of aromatic nitrogens is 2. The highest BCUT2D eigenvalue weighted by atomic mass is 19.1. The van der Waals surface area contributed by atoms with Crippen molar-refractivity contribution in [1.82, 2.24) is 9.97 Å². The van der Waals surface area contributed by atoms with E-state index in [1.54, 1.807) is 6.92 Å². The van der Waals surface area contributed by atoms with Crippen LogP contribution in [0.4, 0.5) is 10.2 Å². The Morgan fingerprint density at radius 3 is 2.69 bits per heavy atom. The molecule has 1 aromatic carbocycles. The van der Waals surface area contributed by atoms with Gasteiger partial charge < -0.3 is 5.32 Å². The summed E-state index contributed by atoms with van der Waals surface area (Å²) >= 11 is 0. The zero-order chi connectivity index (χ0) is 11.4. The summed E-state index contributed by atoms with van der Waals surface area (Å²) in [6.07, 6.45) is 1.35. The molecule has 2 rings (SSSR count). The van der Waals surface area contributed by atoms with Crippen LogP contribution in [0.1, 0.15) is 11.3 Å². The van der Waals surface area contributed by atoms with E-state index in [9.17, 15) is 4.39 Å². The van der Waals surface area contributed by atoms with Gasteiger partial charge in [0.2, 0.25) is 0 Å². The molecule has 0 atom stereocenters. The Labute approximate surface area is 93.4 Å². The van der Waals surface area contributed by atoms with E-state index in [0.717, 1.165) is 5.56 Å². The van der Waals surface area contributed by atoms with Gasteiger partial charge in [-0.1, -0.05) is 30.3 Å². The van der Waals surface area contributed by atoms with Crippen LogP contribution in [0.2, 0.25) is 0 Å². The maximum atomic E-state index is 13.5. The molecule has 0 saturated carbocycles. The highest BCUT2D eigenvalue weighted by Gasteiger charge is 2.06. The van der Waals surface area contributed by atoms with E-state index in [0.29, 0.717) is 12.2 Å². The van der Waals surface area contributed by atoms with Crippen molar-refractivity contribution in [2.24, 2.45) is 0 Å². The Morgan fingerprint density at radius 1 is 1.19 bits per heavy atom. The monoisotopic (exact) mass is 217 g/mol. The number of nitrogens with zero attached hydrogens (tertiary/aromatic N) is 2. The fourth-order valence-corrected chi connectivity index (χ4v) is 1.36. The van der Waals surface area contributed by atoms with Gasteiger partial charge in [-0.05, 0) is 12.5 Å². The van der Waals surface area contributed by atoms with Crippen molar-refractivity contribution in [3.63, 3.8) is 0 Å². The van der Waals surface area contributed by atoms with Crippen molar-refractivity contribution < 1.29 is 4.39 Å². The number of halogens is 1. The molecule has 0 aliphatic heterocycles. The predicted octanol–water partition coefficient (Wildman–Crippen LogP) is 2.54. The number of nitrogens with one attached hydrogen (secondary N) is 1. The molecule has 16 heavy (non-hydrogen) atoms. The number of hydrogen-bond donors (Lipinski definition) is 1. The lowest BCUT2D eigenvalue weighted by Crippen LogP contribution is -2.05. The van der Waals surface area contributed by atoms with Crippen molar-refractivity contribution >= 4 is 5.82 Å². The lowest BCUT2D eigenvalue weighted by molar-refractivity contribution is 0.604. The first kappa shape index (κ1) is 10.5. The maximum Gasteiger partial charge on any atom is 0.186 e. The molecule has 0 spiro atoms. The summed E-state index contributed by atoms with van der Waals surface area (Å²) in [6, 6.07) is 9.77. The Balaban J connectivity index is 2.08. The first-order valence-electron chi connectivity index (χ1n) is 5.02. The van der Waals surface area contributed by atoms with Crippen LogP contribution >= 0.6 is 0 Å². The van der Waals surface area contributed by atoms with Gasteiger partial charge in [0.1, 0.15) is 6.33 Å². The smallest absolute Gasteiger partial charge is 0.186 e. The van der Waals surface area contributed by atoms with Crippen molar-refractivity contribution in [1.29, 1.82) is 0 Å². The van der Waals surface area contributed by atoms with Crippen molar-refractivity contribution in [2.45, 2.75) is 13.5 Å². The molecule has 0 radical (unpaired) electrons. The van der Waals surface area contributed by atoms with Crippen LogP contribution in [0.15, 0.2) is 36.7 Å². The molecule has 0 saturated heterocycles. The minimum Gasteiger partial charge on any atom is -0.363 e. The van der Waals surface area contributed by atoms with Gasteiger partial charge in [0.05, 0.1) is 5.69 Å². The largest absolute Gasteiger partial charge is 0.363 e. The average molecular weight is 217 g/mol. The fourth-order valence-electron chi connectivity index (χ4n) is 1.36. The second-order valence-corrected chi connectivity index (χ2v) is 3.46. The van der Waals surface area contributed by atoms with Gasteiger partial charge in [0.25, 0.3) is 0 Å². The lowest BCUT2D eigenvalue weighted by atomic mass is 10.2. The second-order valence-electron chi connectivity index (χ2n) is 3.46. The Kier molecular flexibility index (Phi) is 3.10. The van der Waals surface area contributed by atoms with E-state index in [1.807, 2.05) is 30.3 Å². The molecule has 2 aromatic rings. The van der Waals surface area contributed by atoms with Gasteiger partial charge in [-0.25, -0.2) is 14.4 Å². The first-order chi connectivity index (χ1) is 7.77. The lowest BCUT2D eigenvalue weighted by Gasteiger charge is -2.07. The molecular formula is C12H12FN3. The van der Waals surface area contributed by atoms with Crippen LogP contribution in [0, 0.1) is 12.7 Å². The summed E-state index contributed by atoms with van der Waals surface area (Å²) < 4.78 is 13.5. The molecule has 1 heterocycles. The Hall–Kier alpha value is -1.97. The third-order valence-electron chi connectivity index (χ3n) is 2.27. The second kappa shape index (κ2) is 4.70. The average Bonchev–Trinajstić information content (AvgIpc) is 2.32. The quantitative estimate of drug-likeness (QED) is 0.858. The number of rotatable bonds is 3. The molecular weight excluding hydrogens is 205 g/mol. The fraction of sp³-hybridized carbons (Fsp3) is 0.167. The number of benzene rings is 1. The minimum atomic E-state index is -0.390. The van der Waals surface area contributed by atoms with Gasteiger partial charge in [-0.2, -0.15) is 0 Å². The molecule has 0 unspecified atom stereocenters. The topological polar surface area (TPSA) is 37.8 Å². The van der Waals surface area contributed by atoms with Crippen LogP contribution in [0.5, 0.6) is 0 Å². The Morgan fingerprint density at radius 2 is 1.94 bits per heavy atom. The summed E-state index contributed by atoms with van der Waals surface area (Å²) in [5, 5.41) is 2.94. The van der Waals surface area contributed by atoms with Crippen LogP contribution < -0.4 is 5.32 Å². The molecule has 82 valence electrons. The third-order valence-corrected chi connectivity index (χ3v) is 2.27. The van der Waals surface area contributed by atoms with E-state index in [-0.39, 0.29) is 5.82 Å². The molecule has 0 aliphatic rings. The van der Waals surface area contributed by atoms with Crippen molar-refractivity contribution in [2.75, 3.05) is 5.32 Å². The predicted molar refractivity (Wildman–Crippen MR) is 60.5 cm³/mol. The van der Waals surface area contributed by atoms with E-state index in [4.69, 9.17) is 0 Å². The van der Waals surface area contributed by atoms with E-state index >= 15 is 0 Å². The summed E-state index contributed by atoms with van der Waals surface area (Å²) in [5.41, 5.74) is 1.43. The van der Waals surface area contributed by atoms with Crippen molar-refractivity contribution in [3.05, 3.63) is 53.7 Å². The van der Waals surface area contributed by atoms with E-state index < -0.39 is 5.82 Å². The molecule has 0 bridgehead atoms. The molecule has 0 amide bonds. The van der Waals surface area contributed by atoms with Crippen LogP contribution in [0.3, 0.4) is 0 Å². The molecule has 1 N–H and O–H groups in total. The SMILES string of the molecule is Cc1ncnc(NCc2ccccc2)c1F. The maximum absolute atomic E-state index is 13.5. The molecule has 1 aromatic heterocycles. The Bertz CT molecular complexity index is 471. The van der Waals surface area contributed by atoms with Crippen LogP contribution in [-0.4, -0.2) is 9.97 Å². The van der Waals surface area contributed by atoms with Crippen LogP contribution in [0.25, 0.3) is 0 Å². The number of aryl methyl sites for hydroxylation is 1. The third kappa shape index (κ3) is 2.34. The molecule has 0 fully saturated rings.